The van der Waals surface area contributed by atoms with Crippen molar-refractivity contribution in [2.75, 3.05) is 11.9 Å². The lowest BCUT2D eigenvalue weighted by Gasteiger charge is -2.13. The number of carboxylic acids is 1. The smallest absolute Gasteiger partial charge is 0.337 e. The first-order valence-corrected chi connectivity index (χ1v) is 5.68. The lowest BCUT2D eigenvalue weighted by atomic mass is 10.1. The number of carbonyl (C=O) groups excluding carboxylic acids is 1. The molecule has 0 bridgehead atoms. The second-order valence-corrected chi connectivity index (χ2v) is 4.17. The number of carboxylic acid groups (broad SMARTS) is 1. The van der Waals surface area contributed by atoms with Crippen LogP contribution in [0.15, 0.2) is 18.2 Å². The Hall–Kier alpha value is -2.08. The number of carbonyl (C=O) groups is 2. The second kappa shape index (κ2) is 5.05. The zero-order valence-electron chi connectivity index (χ0n) is 9.64. The summed E-state index contributed by atoms with van der Waals surface area (Å²) < 4.78 is 0. The number of benzene rings is 1. The first kappa shape index (κ1) is 12.4. The Morgan fingerprint density at radius 1 is 1.39 bits per heavy atom. The third-order valence-electron chi connectivity index (χ3n) is 2.87. The van der Waals surface area contributed by atoms with Crippen LogP contribution in [0.1, 0.15) is 23.2 Å². The molecule has 96 valence electrons. The van der Waals surface area contributed by atoms with E-state index in [2.05, 4.69) is 10.6 Å². The molecule has 6 heteroatoms. The summed E-state index contributed by atoms with van der Waals surface area (Å²) in [6.45, 7) is 0.791. The van der Waals surface area contributed by atoms with E-state index in [4.69, 9.17) is 5.11 Å². The highest BCUT2D eigenvalue weighted by Gasteiger charge is 2.23. The molecule has 2 rings (SSSR count). The van der Waals surface area contributed by atoms with Crippen molar-refractivity contribution < 1.29 is 19.8 Å². The molecule has 18 heavy (non-hydrogen) atoms. The summed E-state index contributed by atoms with van der Waals surface area (Å²) in [7, 11) is 0. The Labute approximate surface area is 104 Å². The van der Waals surface area contributed by atoms with Crippen molar-refractivity contribution in [3.63, 3.8) is 0 Å². The number of hydrogen-bond acceptors (Lipinski definition) is 4. The predicted molar refractivity (Wildman–Crippen MR) is 64.7 cm³/mol. The van der Waals surface area contributed by atoms with Crippen LogP contribution < -0.4 is 10.6 Å². The monoisotopic (exact) mass is 250 g/mol. The summed E-state index contributed by atoms with van der Waals surface area (Å²) in [5.41, 5.74) is 0.0698. The first-order valence-electron chi connectivity index (χ1n) is 5.68. The highest BCUT2D eigenvalue weighted by atomic mass is 16.4. The Balaban J connectivity index is 2.17. The van der Waals surface area contributed by atoms with Gasteiger partial charge in [-0.1, -0.05) is 0 Å². The SMILES string of the molecule is O=C(O)c1cc(O)ccc1NC(=O)[C@@H]1CCCN1. The number of rotatable bonds is 3. The molecule has 1 aliphatic heterocycles. The van der Waals surface area contributed by atoms with Crippen LogP contribution in [-0.2, 0) is 4.79 Å². The van der Waals surface area contributed by atoms with Gasteiger partial charge in [0.15, 0.2) is 0 Å². The van der Waals surface area contributed by atoms with Gasteiger partial charge in [0, 0.05) is 0 Å². The number of hydrogen-bond donors (Lipinski definition) is 4. The molecule has 0 aromatic heterocycles. The molecule has 0 spiro atoms. The second-order valence-electron chi connectivity index (χ2n) is 4.17. The maximum atomic E-state index is 11.8. The molecule has 0 radical (unpaired) electrons. The maximum Gasteiger partial charge on any atom is 0.337 e. The Morgan fingerprint density at radius 3 is 2.78 bits per heavy atom. The number of phenolic OH excluding ortho intramolecular Hbond substituents is 1. The minimum Gasteiger partial charge on any atom is -0.508 e. The predicted octanol–water partition coefficient (Wildman–Crippen LogP) is 0.781. The van der Waals surface area contributed by atoms with Gasteiger partial charge in [-0.2, -0.15) is 0 Å². The zero-order chi connectivity index (χ0) is 13.1. The molecule has 1 aromatic carbocycles. The third kappa shape index (κ3) is 2.60. The minimum absolute atomic E-state index is 0.124. The van der Waals surface area contributed by atoms with Crippen LogP contribution in [0.4, 0.5) is 5.69 Å². The van der Waals surface area contributed by atoms with Crippen molar-refractivity contribution in [3.8, 4) is 5.75 Å². The Kier molecular flexibility index (Phi) is 3.47. The van der Waals surface area contributed by atoms with Gasteiger partial charge in [0.2, 0.25) is 5.91 Å². The summed E-state index contributed by atoms with van der Waals surface area (Å²) >= 11 is 0. The van der Waals surface area contributed by atoms with Crippen molar-refractivity contribution in [3.05, 3.63) is 23.8 Å². The van der Waals surface area contributed by atoms with Gasteiger partial charge in [-0.25, -0.2) is 4.79 Å². The lowest BCUT2D eigenvalue weighted by molar-refractivity contribution is -0.117. The van der Waals surface area contributed by atoms with E-state index in [0.29, 0.717) is 0 Å². The van der Waals surface area contributed by atoms with Crippen molar-refractivity contribution in [2.24, 2.45) is 0 Å². The van der Waals surface area contributed by atoms with E-state index in [1.54, 1.807) is 0 Å². The number of aromatic carboxylic acids is 1. The van der Waals surface area contributed by atoms with E-state index in [9.17, 15) is 14.7 Å². The molecule has 0 saturated carbocycles. The maximum absolute atomic E-state index is 11.8. The molecule has 1 saturated heterocycles. The summed E-state index contributed by atoms with van der Waals surface area (Å²) in [6, 6.07) is 3.55. The normalized spacial score (nSPS) is 18.6. The fourth-order valence-corrected chi connectivity index (χ4v) is 1.95. The Bertz CT molecular complexity index is 481. The van der Waals surface area contributed by atoms with Crippen molar-refractivity contribution in [1.82, 2.24) is 5.32 Å². The van der Waals surface area contributed by atoms with Crippen molar-refractivity contribution >= 4 is 17.6 Å². The summed E-state index contributed by atoms with van der Waals surface area (Å²) in [5.74, 6) is -1.59. The van der Waals surface area contributed by atoms with Crippen LogP contribution >= 0.6 is 0 Å². The molecular weight excluding hydrogens is 236 g/mol. The van der Waals surface area contributed by atoms with Gasteiger partial charge in [0.1, 0.15) is 5.75 Å². The zero-order valence-corrected chi connectivity index (χ0v) is 9.64. The van der Waals surface area contributed by atoms with Gasteiger partial charge in [0.25, 0.3) is 0 Å². The quantitative estimate of drug-likeness (QED) is 0.594. The molecule has 1 amide bonds. The molecule has 0 unspecified atom stereocenters. The molecule has 1 heterocycles. The van der Waals surface area contributed by atoms with Crippen LogP contribution in [0, 0.1) is 0 Å². The highest BCUT2D eigenvalue weighted by Crippen LogP contribution is 2.22. The largest absolute Gasteiger partial charge is 0.508 e. The summed E-state index contributed by atoms with van der Waals surface area (Å²) in [6.07, 6.45) is 1.67. The van der Waals surface area contributed by atoms with Gasteiger partial charge in [-0.15, -0.1) is 0 Å². The van der Waals surface area contributed by atoms with Crippen LogP contribution in [0.5, 0.6) is 5.75 Å². The van der Waals surface area contributed by atoms with Crippen LogP contribution in [0.25, 0.3) is 0 Å². The van der Waals surface area contributed by atoms with Gasteiger partial charge in [-0.3, -0.25) is 4.79 Å². The molecule has 1 fully saturated rings. The summed E-state index contributed by atoms with van der Waals surface area (Å²) in [5, 5.41) is 23.8. The third-order valence-corrected chi connectivity index (χ3v) is 2.87. The fraction of sp³-hybridized carbons (Fsp3) is 0.333. The molecule has 1 aromatic rings. The molecular formula is C12H14N2O4. The number of anilines is 1. The topological polar surface area (TPSA) is 98.7 Å². The van der Waals surface area contributed by atoms with Gasteiger partial charge in [-0.05, 0) is 37.6 Å². The van der Waals surface area contributed by atoms with Crippen LogP contribution in [-0.4, -0.2) is 34.7 Å². The van der Waals surface area contributed by atoms with E-state index in [1.807, 2.05) is 0 Å². The molecule has 4 N–H and O–H groups in total. The Morgan fingerprint density at radius 2 is 2.17 bits per heavy atom. The standard InChI is InChI=1S/C12H14N2O4/c15-7-3-4-9(8(6-7)12(17)18)14-11(16)10-2-1-5-13-10/h3-4,6,10,13,15H,1-2,5H2,(H,14,16)(H,17,18)/t10-/m0/s1. The van der Waals surface area contributed by atoms with Crippen molar-refractivity contribution in [1.29, 1.82) is 0 Å². The van der Waals surface area contributed by atoms with E-state index < -0.39 is 5.97 Å². The van der Waals surface area contributed by atoms with Gasteiger partial charge >= 0.3 is 5.97 Å². The van der Waals surface area contributed by atoms with Crippen LogP contribution in [0.3, 0.4) is 0 Å². The van der Waals surface area contributed by atoms with E-state index in [-0.39, 0.29) is 28.9 Å². The first-order chi connectivity index (χ1) is 8.58. The van der Waals surface area contributed by atoms with Gasteiger partial charge in [0.05, 0.1) is 17.3 Å². The average molecular weight is 250 g/mol. The van der Waals surface area contributed by atoms with E-state index in [0.717, 1.165) is 25.5 Å². The number of nitrogens with one attached hydrogen (secondary N) is 2. The van der Waals surface area contributed by atoms with Crippen LogP contribution in [0.2, 0.25) is 0 Å². The molecule has 6 nitrogen and oxygen atoms in total. The molecule has 1 atom stereocenters. The van der Waals surface area contributed by atoms with Crippen molar-refractivity contribution in [2.45, 2.75) is 18.9 Å². The van der Waals surface area contributed by atoms with E-state index >= 15 is 0 Å². The average Bonchev–Trinajstić information content (AvgIpc) is 2.84. The lowest BCUT2D eigenvalue weighted by Crippen LogP contribution is -2.35. The minimum atomic E-state index is -1.19. The highest BCUT2D eigenvalue weighted by molar-refractivity contribution is 6.02. The van der Waals surface area contributed by atoms with Gasteiger partial charge < -0.3 is 20.8 Å². The summed E-state index contributed by atoms with van der Waals surface area (Å²) in [4.78, 5) is 22.8. The number of aromatic hydroxyl groups is 1. The number of phenols is 1. The fourth-order valence-electron chi connectivity index (χ4n) is 1.95. The number of amides is 1. The van der Waals surface area contributed by atoms with E-state index in [1.165, 1.54) is 12.1 Å². The molecule has 1 aliphatic rings. The molecule has 0 aliphatic carbocycles.